The summed E-state index contributed by atoms with van der Waals surface area (Å²) in [5.41, 5.74) is 0.715. The van der Waals surface area contributed by atoms with E-state index >= 15 is 0 Å². The summed E-state index contributed by atoms with van der Waals surface area (Å²) in [5.74, 6) is 0.392. The average molecular weight is 484 g/mol. The fraction of sp³-hybridized carbons (Fsp3) is 0.364. The van der Waals surface area contributed by atoms with E-state index in [9.17, 15) is 14.0 Å². The first-order valence-corrected chi connectivity index (χ1v) is 11.6. The van der Waals surface area contributed by atoms with Crippen LogP contribution >= 0.6 is 11.3 Å². The van der Waals surface area contributed by atoms with Crippen LogP contribution in [0.25, 0.3) is 22.1 Å². The fourth-order valence-corrected chi connectivity index (χ4v) is 5.06. The zero-order valence-electron chi connectivity index (χ0n) is 18.8. The highest BCUT2D eigenvalue weighted by Crippen LogP contribution is 2.32. The SMILES string of the molecule is Cc1noc(-c2nc3sc(N4CCC[C@@H]4C(=O)N[C@H](C)c4ccc(F)cc4)nc3c(=O)n2C)n1. The number of anilines is 1. The van der Waals surface area contributed by atoms with Gasteiger partial charge in [-0.3, -0.25) is 14.2 Å². The molecule has 0 spiro atoms. The number of aryl methyl sites for hydroxylation is 1. The summed E-state index contributed by atoms with van der Waals surface area (Å²) in [6.45, 7) is 4.18. The third-order valence-corrected chi connectivity index (χ3v) is 6.87. The van der Waals surface area contributed by atoms with Crippen molar-refractivity contribution in [3.05, 3.63) is 51.8 Å². The maximum absolute atomic E-state index is 13.2. The number of hydrogen-bond donors (Lipinski definition) is 1. The van der Waals surface area contributed by atoms with Crippen molar-refractivity contribution in [1.82, 2.24) is 30.0 Å². The zero-order valence-corrected chi connectivity index (χ0v) is 19.6. The van der Waals surface area contributed by atoms with Crippen LogP contribution in [0.15, 0.2) is 33.6 Å². The minimum absolute atomic E-state index is 0.142. The molecule has 12 heteroatoms. The van der Waals surface area contributed by atoms with Gasteiger partial charge in [-0.1, -0.05) is 28.6 Å². The maximum atomic E-state index is 13.2. The molecule has 0 bridgehead atoms. The molecule has 0 unspecified atom stereocenters. The van der Waals surface area contributed by atoms with Crippen LogP contribution in [0, 0.1) is 12.7 Å². The van der Waals surface area contributed by atoms with Gasteiger partial charge in [0.2, 0.25) is 11.7 Å². The van der Waals surface area contributed by atoms with Crippen molar-refractivity contribution in [2.75, 3.05) is 11.4 Å². The Hall–Kier alpha value is -3.67. The molecule has 2 atom stereocenters. The molecule has 4 heterocycles. The standard InChI is InChI=1S/C22H22FN7O3S/c1-11(13-6-8-14(23)9-7-13)24-18(31)15-5-4-10-30(15)22-26-16-20(34-22)27-17(29(3)21(16)32)19-25-12(2)28-33-19/h6-9,11,15H,4-5,10H2,1-3H3,(H,24,31)/t11-,15-/m1/s1. The summed E-state index contributed by atoms with van der Waals surface area (Å²) in [6, 6.07) is 5.36. The maximum Gasteiger partial charge on any atom is 0.294 e. The highest BCUT2D eigenvalue weighted by molar-refractivity contribution is 7.21. The number of fused-ring (bicyclic) bond motifs is 1. The van der Waals surface area contributed by atoms with Crippen molar-refractivity contribution in [2.45, 2.75) is 38.8 Å². The van der Waals surface area contributed by atoms with Crippen molar-refractivity contribution in [3.63, 3.8) is 0 Å². The second-order valence-electron chi connectivity index (χ2n) is 8.23. The molecule has 1 fully saturated rings. The molecule has 1 N–H and O–H groups in total. The molecule has 10 nitrogen and oxygen atoms in total. The number of nitrogens with zero attached hydrogens (tertiary/aromatic N) is 6. The lowest BCUT2D eigenvalue weighted by Crippen LogP contribution is -2.44. The number of hydrogen-bond acceptors (Lipinski definition) is 9. The molecule has 5 rings (SSSR count). The van der Waals surface area contributed by atoms with E-state index in [1.807, 2.05) is 11.8 Å². The van der Waals surface area contributed by atoms with Gasteiger partial charge in [-0.15, -0.1) is 0 Å². The van der Waals surface area contributed by atoms with Gasteiger partial charge in [0.05, 0.1) is 6.04 Å². The van der Waals surface area contributed by atoms with E-state index in [2.05, 4.69) is 25.4 Å². The van der Waals surface area contributed by atoms with Crippen molar-refractivity contribution in [1.29, 1.82) is 0 Å². The number of rotatable bonds is 5. The summed E-state index contributed by atoms with van der Waals surface area (Å²) < 4.78 is 19.7. The molecule has 4 aromatic rings. The number of nitrogens with one attached hydrogen (secondary N) is 1. The molecule has 1 aliphatic rings. The van der Waals surface area contributed by atoms with Gasteiger partial charge in [-0.25, -0.2) is 14.4 Å². The first-order valence-electron chi connectivity index (χ1n) is 10.8. The number of thiazole rings is 1. The van der Waals surface area contributed by atoms with Crippen molar-refractivity contribution in [2.24, 2.45) is 7.05 Å². The number of aromatic nitrogens is 5. The smallest absolute Gasteiger partial charge is 0.294 e. The van der Waals surface area contributed by atoms with E-state index in [0.29, 0.717) is 28.8 Å². The number of halogens is 1. The van der Waals surface area contributed by atoms with Crippen LogP contribution in [-0.2, 0) is 11.8 Å². The first kappa shape index (κ1) is 22.1. The van der Waals surface area contributed by atoms with Crippen molar-refractivity contribution < 1.29 is 13.7 Å². The minimum Gasteiger partial charge on any atom is -0.348 e. The van der Waals surface area contributed by atoms with Crippen molar-refractivity contribution >= 4 is 32.7 Å². The van der Waals surface area contributed by atoms with Gasteiger partial charge in [0.1, 0.15) is 11.9 Å². The zero-order chi connectivity index (χ0) is 24.0. The molecule has 1 aliphatic heterocycles. The summed E-state index contributed by atoms with van der Waals surface area (Å²) in [4.78, 5) is 41.6. The lowest BCUT2D eigenvalue weighted by molar-refractivity contribution is -0.122. The van der Waals surface area contributed by atoms with Crippen LogP contribution in [-0.4, -0.2) is 43.2 Å². The largest absolute Gasteiger partial charge is 0.348 e. The molecular weight excluding hydrogens is 461 g/mol. The Morgan fingerprint density at radius 1 is 1.26 bits per heavy atom. The van der Waals surface area contributed by atoms with Gasteiger partial charge >= 0.3 is 0 Å². The highest BCUT2D eigenvalue weighted by atomic mass is 32.1. The van der Waals surface area contributed by atoms with E-state index in [1.165, 1.54) is 28.0 Å². The van der Waals surface area contributed by atoms with E-state index in [0.717, 1.165) is 12.0 Å². The molecule has 3 aromatic heterocycles. The predicted molar refractivity (Wildman–Crippen MR) is 124 cm³/mol. The Labute approximate surface area is 197 Å². The minimum atomic E-state index is -0.426. The summed E-state index contributed by atoms with van der Waals surface area (Å²) in [7, 11) is 1.58. The van der Waals surface area contributed by atoms with E-state index < -0.39 is 6.04 Å². The van der Waals surface area contributed by atoms with Crippen LogP contribution in [0.3, 0.4) is 0 Å². The van der Waals surface area contributed by atoms with Gasteiger partial charge in [-0.05, 0) is 44.4 Å². The van der Waals surface area contributed by atoms with Gasteiger partial charge in [-0.2, -0.15) is 4.98 Å². The molecule has 1 amide bonds. The molecular formula is C22H22FN7O3S. The average Bonchev–Trinajstić information content (AvgIpc) is 3.55. The number of carbonyl (C=O) groups is 1. The second kappa shape index (κ2) is 8.60. The molecule has 0 aliphatic carbocycles. The van der Waals surface area contributed by atoms with Crippen LogP contribution in [0.5, 0.6) is 0 Å². The third-order valence-electron chi connectivity index (χ3n) is 5.88. The molecule has 1 aromatic carbocycles. The monoisotopic (exact) mass is 483 g/mol. The van der Waals surface area contributed by atoms with Gasteiger partial charge in [0.15, 0.2) is 21.3 Å². The molecule has 0 radical (unpaired) electrons. The van der Waals surface area contributed by atoms with Gasteiger partial charge in [0.25, 0.3) is 11.4 Å². The van der Waals surface area contributed by atoms with Crippen molar-refractivity contribution in [3.8, 4) is 11.7 Å². The van der Waals surface area contributed by atoms with E-state index in [-0.39, 0.29) is 40.6 Å². The molecule has 1 saturated heterocycles. The summed E-state index contributed by atoms with van der Waals surface area (Å²) >= 11 is 1.25. The predicted octanol–water partition coefficient (Wildman–Crippen LogP) is 2.73. The molecule has 176 valence electrons. The third kappa shape index (κ3) is 3.94. The van der Waals surface area contributed by atoms with E-state index in [1.54, 1.807) is 26.1 Å². The number of amides is 1. The van der Waals surface area contributed by atoms with Gasteiger partial charge in [0, 0.05) is 13.6 Å². The lowest BCUT2D eigenvalue weighted by Gasteiger charge is -2.25. The van der Waals surface area contributed by atoms with Crippen LogP contribution < -0.4 is 15.8 Å². The lowest BCUT2D eigenvalue weighted by atomic mass is 10.1. The number of benzene rings is 1. The quantitative estimate of drug-likeness (QED) is 0.460. The molecule has 0 saturated carbocycles. The Kier molecular flexibility index (Phi) is 5.60. The van der Waals surface area contributed by atoms with Crippen LogP contribution in [0.4, 0.5) is 9.52 Å². The Morgan fingerprint density at radius 3 is 2.74 bits per heavy atom. The number of carbonyl (C=O) groups excluding carboxylic acids is 1. The Morgan fingerprint density at radius 2 is 2.03 bits per heavy atom. The molecule has 34 heavy (non-hydrogen) atoms. The highest BCUT2D eigenvalue weighted by Gasteiger charge is 2.34. The Balaban J connectivity index is 1.42. The summed E-state index contributed by atoms with van der Waals surface area (Å²) in [5, 5.41) is 7.34. The fourth-order valence-electron chi connectivity index (χ4n) is 4.06. The van der Waals surface area contributed by atoms with Gasteiger partial charge < -0.3 is 14.7 Å². The van der Waals surface area contributed by atoms with Crippen LogP contribution in [0.2, 0.25) is 0 Å². The van der Waals surface area contributed by atoms with Crippen LogP contribution in [0.1, 0.15) is 37.2 Å². The topological polar surface area (TPSA) is 119 Å². The second-order valence-corrected chi connectivity index (χ2v) is 9.19. The first-order chi connectivity index (χ1) is 16.3. The Bertz CT molecular complexity index is 1430. The normalized spacial score (nSPS) is 16.8. The summed E-state index contributed by atoms with van der Waals surface area (Å²) in [6.07, 6.45) is 1.48. The van der Waals surface area contributed by atoms with E-state index in [4.69, 9.17) is 4.52 Å².